The normalized spacial score (nSPS) is 12.2. The largest absolute Gasteiger partial charge is 0.318 e. The molecule has 0 fully saturated rings. The van der Waals surface area contributed by atoms with Crippen molar-refractivity contribution in [2.45, 2.75) is 0 Å². The van der Waals surface area contributed by atoms with Crippen molar-refractivity contribution in [2.75, 3.05) is 0 Å². The maximum Gasteiger partial charge on any atom is 0.289 e. The molecule has 1 amide bonds. The summed E-state index contributed by atoms with van der Waals surface area (Å²) in [7, 11) is 1.82. The Morgan fingerprint density at radius 3 is 2.80 bits per heavy atom. The molecule has 0 aliphatic rings. The fraction of sp³-hybridized carbons (Fsp3) is 0.0769. The maximum atomic E-state index is 12.0. The SMILES string of the molecule is Cn1c(=NC(=O)c2cccs2)sc2ccc(Cl)c(Cl)c21. The minimum absolute atomic E-state index is 0.246. The molecule has 0 atom stereocenters. The van der Waals surface area contributed by atoms with Crippen molar-refractivity contribution in [3.05, 3.63) is 49.4 Å². The molecule has 0 unspecified atom stereocenters. The van der Waals surface area contributed by atoms with E-state index in [0.717, 1.165) is 10.2 Å². The number of halogens is 2. The number of benzene rings is 1. The number of carbonyl (C=O) groups excluding carboxylic acids is 1. The topological polar surface area (TPSA) is 34.4 Å². The molecule has 0 aliphatic carbocycles. The molecule has 2 heterocycles. The van der Waals surface area contributed by atoms with Crippen LogP contribution in [0.25, 0.3) is 10.2 Å². The van der Waals surface area contributed by atoms with Gasteiger partial charge in [0, 0.05) is 7.05 Å². The third-order valence-corrected chi connectivity index (χ3v) is 5.53. The number of thiazole rings is 1. The summed E-state index contributed by atoms with van der Waals surface area (Å²) in [5.41, 5.74) is 0.793. The van der Waals surface area contributed by atoms with E-state index in [4.69, 9.17) is 23.2 Å². The molecule has 0 saturated heterocycles. The highest BCUT2D eigenvalue weighted by atomic mass is 35.5. The van der Waals surface area contributed by atoms with Crippen molar-refractivity contribution < 1.29 is 4.79 Å². The van der Waals surface area contributed by atoms with Crippen LogP contribution in [0.2, 0.25) is 10.0 Å². The van der Waals surface area contributed by atoms with Crippen LogP contribution in [0.1, 0.15) is 9.67 Å². The van der Waals surface area contributed by atoms with E-state index in [0.29, 0.717) is 19.7 Å². The number of hydrogen-bond donors (Lipinski definition) is 0. The predicted molar refractivity (Wildman–Crippen MR) is 85.0 cm³/mol. The number of hydrogen-bond acceptors (Lipinski definition) is 3. The van der Waals surface area contributed by atoms with Crippen molar-refractivity contribution in [3.63, 3.8) is 0 Å². The van der Waals surface area contributed by atoms with Crippen molar-refractivity contribution >= 4 is 62.0 Å². The van der Waals surface area contributed by atoms with Gasteiger partial charge in [0.2, 0.25) is 0 Å². The standard InChI is InChI=1S/C13H8Cl2N2OS2/c1-17-11-8(5-4-7(14)10(11)15)20-13(17)16-12(18)9-3-2-6-19-9/h2-6H,1H3. The molecule has 0 spiro atoms. The Kier molecular flexibility index (Phi) is 3.69. The van der Waals surface area contributed by atoms with E-state index in [1.54, 1.807) is 16.7 Å². The highest BCUT2D eigenvalue weighted by molar-refractivity contribution is 7.16. The molecule has 0 aliphatic heterocycles. The average Bonchev–Trinajstić information content (AvgIpc) is 3.04. The fourth-order valence-corrected chi connectivity index (χ4v) is 3.95. The zero-order valence-corrected chi connectivity index (χ0v) is 13.4. The van der Waals surface area contributed by atoms with Crippen LogP contribution in [0.5, 0.6) is 0 Å². The Morgan fingerprint density at radius 1 is 1.30 bits per heavy atom. The Balaban J connectivity index is 2.21. The Hall–Kier alpha value is -1.14. The van der Waals surface area contributed by atoms with Crippen LogP contribution in [0, 0.1) is 0 Å². The van der Waals surface area contributed by atoms with Gasteiger partial charge in [0.25, 0.3) is 5.91 Å². The Morgan fingerprint density at radius 2 is 2.10 bits per heavy atom. The van der Waals surface area contributed by atoms with Crippen LogP contribution >= 0.6 is 45.9 Å². The van der Waals surface area contributed by atoms with Crippen molar-refractivity contribution in [3.8, 4) is 0 Å². The molecule has 3 aromatic rings. The van der Waals surface area contributed by atoms with Crippen LogP contribution in [-0.4, -0.2) is 10.5 Å². The van der Waals surface area contributed by atoms with Gasteiger partial charge >= 0.3 is 0 Å². The summed E-state index contributed by atoms with van der Waals surface area (Å²) >= 11 is 15.0. The second-order valence-corrected chi connectivity index (χ2v) is 6.79. The molecule has 3 nitrogen and oxygen atoms in total. The number of carbonyl (C=O) groups is 1. The number of rotatable bonds is 1. The van der Waals surface area contributed by atoms with E-state index in [-0.39, 0.29) is 5.91 Å². The third-order valence-electron chi connectivity index (χ3n) is 2.78. The minimum atomic E-state index is -0.246. The van der Waals surface area contributed by atoms with E-state index in [1.807, 2.05) is 24.6 Å². The van der Waals surface area contributed by atoms with Gasteiger partial charge in [0.15, 0.2) is 4.80 Å². The first-order valence-corrected chi connectivity index (χ1v) is 8.09. The summed E-state index contributed by atoms with van der Waals surface area (Å²) in [5, 5.41) is 2.82. The van der Waals surface area contributed by atoms with E-state index >= 15 is 0 Å². The number of thiophene rings is 1. The van der Waals surface area contributed by atoms with Crippen LogP contribution < -0.4 is 4.80 Å². The zero-order chi connectivity index (χ0) is 14.3. The zero-order valence-electron chi connectivity index (χ0n) is 10.3. The van der Waals surface area contributed by atoms with E-state index in [1.165, 1.54) is 22.7 Å². The first-order chi connectivity index (χ1) is 9.58. The molecular formula is C13H8Cl2N2OS2. The van der Waals surface area contributed by atoms with Gasteiger partial charge in [0.05, 0.1) is 25.1 Å². The van der Waals surface area contributed by atoms with Gasteiger partial charge in [-0.05, 0) is 23.6 Å². The molecule has 20 heavy (non-hydrogen) atoms. The first kappa shape index (κ1) is 13.8. The van der Waals surface area contributed by atoms with E-state index in [2.05, 4.69) is 4.99 Å². The molecule has 0 N–H and O–H groups in total. The molecule has 3 rings (SSSR count). The molecule has 0 saturated carbocycles. The summed E-state index contributed by atoms with van der Waals surface area (Å²) in [6, 6.07) is 7.21. The fourth-order valence-electron chi connectivity index (χ4n) is 1.82. The number of nitrogens with zero attached hydrogens (tertiary/aromatic N) is 2. The number of amides is 1. The molecule has 0 bridgehead atoms. The van der Waals surface area contributed by atoms with Gasteiger partial charge < -0.3 is 4.57 Å². The number of aromatic nitrogens is 1. The van der Waals surface area contributed by atoms with Crippen LogP contribution in [0.3, 0.4) is 0 Å². The van der Waals surface area contributed by atoms with Crippen LogP contribution in [-0.2, 0) is 7.05 Å². The lowest BCUT2D eigenvalue weighted by Gasteiger charge is -1.99. The quantitative estimate of drug-likeness (QED) is 0.647. The molecule has 1 aromatic carbocycles. The molecule has 7 heteroatoms. The molecule has 102 valence electrons. The number of fused-ring (bicyclic) bond motifs is 1. The lowest BCUT2D eigenvalue weighted by Crippen LogP contribution is -2.13. The van der Waals surface area contributed by atoms with Gasteiger partial charge in [-0.15, -0.1) is 11.3 Å². The summed E-state index contributed by atoms with van der Waals surface area (Å²) in [6.45, 7) is 0. The van der Waals surface area contributed by atoms with Gasteiger partial charge in [-0.2, -0.15) is 4.99 Å². The second-order valence-electron chi connectivity index (χ2n) is 4.05. The van der Waals surface area contributed by atoms with Crippen molar-refractivity contribution in [1.82, 2.24) is 4.57 Å². The highest BCUT2D eigenvalue weighted by Gasteiger charge is 2.11. The van der Waals surface area contributed by atoms with Crippen LogP contribution in [0.4, 0.5) is 0 Å². The monoisotopic (exact) mass is 342 g/mol. The Labute approximate surface area is 132 Å². The Bertz CT molecular complexity index is 863. The molecular weight excluding hydrogens is 335 g/mol. The summed E-state index contributed by atoms with van der Waals surface area (Å²) in [5.74, 6) is -0.246. The van der Waals surface area contributed by atoms with Crippen molar-refractivity contribution in [1.29, 1.82) is 0 Å². The summed E-state index contributed by atoms with van der Waals surface area (Å²) in [4.78, 5) is 17.4. The summed E-state index contributed by atoms with van der Waals surface area (Å²) < 4.78 is 2.74. The minimum Gasteiger partial charge on any atom is -0.318 e. The van der Waals surface area contributed by atoms with Gasteiger partial charge in [-0.25, -0.2) is 0 Å². The highest BCUT2D eigenvalue weighted by Crippen LogP contribution is 2.31. The average molecular weight is 343 g/mol. The van der Waals surface area contributed by atoms with Gasteiger partial charge in [-0.1, -0.05) is 40.6 Å². The lowest BCUT2D eigenvalue weighted by atomic mass is 10.3. The smallest absolute Gasteiger partial charge is 0.289 e. The predicted octanol–water partition coefficient (Wildman–Crippen LogP) is 4.35. The number of aryl methyl sites for hydroxylation is 1. The summed E-state index contributed by atoms with van der Waals surface area (Å²) in [6.07, 6.45) is 0. The molecule has 2 aromatic heterocycles. The van der Waals surface area contributed by atoms with Gasteiger partial charge in [0.1, 0.15) is 0 Å². The second kappa shape index (κ2) is 5.33. The lowest BCUT2D eigenvalue weighted by molar-refractivity contribution is 0.100. The van der Waals surface area contributed by atoms with Crippen LogP contribution in [0.15, 0.2) is 34.6 Å². The van der Waals surface area contributed by atoms with Gasteiger partial charge in [-0.3, -0.25) is 4.79 Å². The third kappa shape index (κ3) is 2.31. The first-order valence-electron chi connectivity index (χ1n) is 5.64. The van der Waals surface area contributed by atoms with E-state index < -0.39 is 0 Å². The molecule has 0 radical (unpaired) electrons. The maximum absolute atomic E-state index is 12.0. The van der Waals surface area contributed by atoms with E-state index in [9.17, 15) is 4.79 Å². The van der Waals surface area contributed by atoms with Crippen molar-refractivity contribution in [2.24, 2.45) is 12.0 Å².